The molecule has 0 aromatic rings. The number of nitrogens with one attached hydrogen (secondary N) is 1. The van der Waals surface area contributed by atoms with Crippen LogP contribution in [0.15, 0.2) is 0 Å². The van der Waals surface area contributed by atoms with E-state index < -0.39 is 5.60 Å². The Balaban J connectivity index is 2.41. The lowest BCUT2D eigenvalue weighted by Crippen LogP contribution is -2.45. The van der Waals surface area contributed by atoms with E-state index >= 15 is 0 Å². The van der Waals surface area contributed by atoms with E-state index in [2.05, 4.69) is 19.2 Å². The predicted molar refractivity (Wildman–Crippen MR) is 64.9 cm³/mol. The van der Waals surface area contributed by atoms with Gasteiger partial charge in [0.05, 0.1) is 5.60 Å². The summed E-state index contributed by atoms with van der Waals surface area (Å²) in [5.74, 6) is 1.09. The summed E-state index contributed by atoms with van der Waals surface area (Å²) in [5.41, 5.74) is -0.470. The third-order valence-corrected chi connectivity index (χ3v) is 3.72. The standard InChI is InChI=1S/C13H27NO/c1-4-6-11(2)9-13(3,15)12-7-5-8-14-10-12/h11-12,14-15H,4-10H2,1-3H3. The number of piperidine rings is 1. The molecule has 2 nitrogen and oxygen atoms in total. The molecule has 1 heterocycles. The summed E-state index contributed by atoms with van der Waals surface area (Å²) in [6.07, 6.45) is 5.80. The molecule has 0 spiro atoms. The zero-order chi connectivity index (χ0) is 11.3. The molecule has 1 aliphatic rings. The van der Waals surface area contributed by atoms with E-state index in [1.807, 2.05) is 6.92 Å². The van der Waals surface area contributed by atoms with Crippen molar-refractivity contribution in [2.24, 2.45) is 11.8 Å². The van der Waals surface area contributed by atoms with Crippen LogP contribution in [-0.2, 0) is 0 Å². The Morgan fingerprint density at radius 1 is 1.53 bits per heavy atom. The summed E-state index contributed by atoms with van der Waals surface area (Å²) in [6.45, 7) is 8.61. The number of hydrogen-bond acceptors (Lipinski definition) is 2. The molecular formula is C13H27NO. The highest BCUT2D eigenvalue weighted by Gasteiger charge is 2.33. The fourth-order valence-corrected chi connectivity index (χ4v) is 2.85. The molecule has 1 aliphatic heterocycles. The fourth-order valence-electron chi connectivity index (χ4n) is 2.85. The molecule has 90 valence electrons. The predicted octanol–water partition coefficient (Wildman–Crippen LogP) is 2.56. The largest absolute Gasteiger partial charge is 0.390 e. The van der Waals surface area contributed by atoms with Crippen molar-refractivity contribution in [3.63, 3.8) is 0 Å². The van der Waals surface area contributed by atoms with Gasteiger partial charge in [-0.15, -0.1) is 0 Å². The maximum Gasteiger partial charge on any atom is 0.0662 e. The molecule has 0 saturated carbocycles. The Labute approximate surface area is 94.5 Å². The van der Waals surface area contributed by atoms with Crippen LogP contribution in [-0.4, -0.2) is 23.8 Å². The first-order chi connectivity index (χ1) is 7.06. The van der Waals surface area contributed by atoms with Crippen molar-refractivity contribution in [2.75, 3.05) is 13.1 Å². The van der Waals surface area contributed by atoms with Gasteiger partial charge in [0.15, 0.2) is 0 Å². The third kappa shape index (κ3) is 4.12. The van der Waals surface area contributed by atoms with Crippen LogP contribution in [0.2, 0.25) is 0 Å². The summed E-state index contributed by atoms with van der Waals surface area (Å²) < 4.78 is 0. The van der Waals surface area contributed by atoms with Gasteiger partial charge in [-0.2, -0.15) is 0 Å². The second-order valence-corrected chi connectivity index (χ2v) is 5.50. The zero-order valence-electron chi connectivity index (χ0n) is 10.6. The second kappa shape index (κ2) is 5.86. The molecule has 1 fully saturated rings. The summed E-state index contributed by atoms with van der Waals surface area (Å²) in [5, 5.41) is 13.9. The van der Waals surface area contributed by atoms with Crippen LogP contribution in [0.1, 0.15) is 52.9 Å². The molecule has 2 heteroatoms. The van der Waals surface area contributed by atoms with Gasteiger partial charge in [0, 0.05) is 6.54 Å². The maximum absolute atomic E-state index is 10.5. The first-order valence-corrected chi connectivity index (χ1v) is 6.49. The van der Waals surface area contributed by atoms with E-state index in [4.69, 9.17) is 0 Å². The molecule has 15 heavy (non-hydrogen) atoms. The lowest BCUT2D eigenvalue weighted by molar-refractivity contribution is -0.0298. The van der Waals surface area contributed by atoms with Crippen LogP contribution < -0.4 is 5.32 Å². The monoisotopic (exact) mass is 213 g/mol. The molecule has 1 saturated heterocycles. The lowest BCUT2D eigenvalue weighted by Gasteiger charge is -2.37. The van der Waals surface area contributed by atoms with Crippen molar-refractivity contribution in [3.8, 4) is 0 Å². The summed E-state index contributed by atoms with van der Waals surface area (Å²) in [4.78, 5) is 0. The molecule has 3 unspecified atom stereocenters. The first-order valence-electron chi connectivity index (χ1n) is 6.49. The number of rotatable bonds is 5. The van der Waals surface area contributed by atoms with E-state index in [0.29, 0.717) is 11.8 Å². The molecule has 0 aliphatic carbocycles. The van der Waals surface area contributed by atoms with Crippen molar-refractivity contribution in [1.82, 2.24) is 5.32 Å². The Kier molecular flexibility index (Phi) is 5.07. The number of hydrogen-bond donors (Lipinski definition) is 2. The van der Waals surface area contributed by atoms with Crippen molar-refractivity contribution < 1.29 is 5.11 Å². The normalized spacial score (nSPS) is 28.4. The SMILES string of the molecule is CCCC(C)CC(C)(O)C1CCCNC1. The summed E-state index contributed by atoms with van der Waals surface area (Å²) in [6, 6.07) is 0. The van der Waals surface area contributed by atoms with Crippen LogP contribution in [0, 0.1) is 11.8 Å². The molecule has 0 amide bonds. The molecule has 0 aromatic carbocycles. The van der Waals surface area contributed by atoms with Crippen LogP contribution >= 0.6 is 0 Å². The minimum Gasteiger partial charge on any atom is -0.390 e. The van der Waals surface area contributed by atoms with Gasteiger partial charge in [0.2, 0.25) is 0 Å². The zero-order valence-corrected chi connectivity index (χ0v) is 10.6. The Morgan fingerprint density at radius 2 is 2.27 bits per heavy atom. The Morgan fingerprint density at radius 3 is 2.80 bits per heavy atom. The van der Waals surface area contributed by atoms with Gasteiger partial charge in [-0.1, -0.05) is 26.7 Å². The quantitative estimate of drug-likeness (QED) is 0.735. The fraction of sp³-hybridized carbons (Fsp3) is 1.00. The third-order valence-electron chi connectivity index (χ3n) is 3.72. The Bertz CT molecular complexity index is 173. The van der Waals surface area contributed by atoms with E-state index in [1.54, 1.807) is 0 Å². The van der Waals surface area contributed by atoms with Crippen molar-refractivity contribution in [2.45, 2.75) is 58.5 Å². The van der Waals surface area contributed by atoms with Crippen molar-refractivity contribution in [1.29, 1.82) is 0 Å². The highest BCUT2D eigenvalue weighted by molar-refractivity contribution is 4.87. The molecule has 3 atom stereocenters. The minimum atomic E-state index is -0.470. The van der Waals surface area contributed by atoms with Gasteiger partial charge >= 0.3 is 0 Å². The van der Waals surface area contributed by atoms with E-state index in [1.165, 1.54) is 25.7 Å². The molecule has 0 bridgehead atoms. The highest BCUT2D eigenvalue weighted by atomic mass is 16.3. The van der Waals surface area contributed by atoms with Crippen molar-refractivity contribution >= 4 is 0 Å². The smallest absolute Gasteiger partial charge is 0.0662 e. The van der Waals surface area contributed by atoms with E-state index in [0.717, 1.165) is 19.5 Å². The summed E-state index contributed by atoms with van der Waals surface area (Å²) in [7, 11) is 0. The van der Waals surface area contributed by atoms with E-state index in [-0.39, 0.29) is 0 Å². The number of aliphatic hydroxyl groups is 1. The second-order valence-electron chi connectivity index (χ2n) is 5.50. The van der Waals surface area contributed by atoms with Gasteiger partial charge in [0.25, 0.3) is 0 Å². The molecular weight excluding hydrogens is 186 g/mol. The van der Waals surface area contributed by atoms with Gasteiger partial charge in [-0.3, -0.25) is 0 Å². The average Bonchev–Trinajstić information content (AvgIpc) is 2.18. The molecule has 0 radical (unpaired) electrons. The molecule has 2 N–H and O–H groups in total. The van der Waals surface area contributed by atoms with Gasteiger partial charge < -0.3 is 10.4 Å². The minimum absolute atomic E-state index is 0.450. The van der Waals surface area contributed by atoms with Crippen LogP contribution in [0.5, 0.6) is 0 Å². The van der Waals surface area contributed by atoms with Crippen molar-refractivity contribution in [3.05, 3.63) is 0 Å². The molecule has 1 rings (SSSR count). The van der Waals surface area contributed by atoms with Crippen LogP contribution in [0.3, 0.4) is 0 Å². The van der Waals surface area contributed by atoms with Gasteiger partial charge in [0.1, 0.15) is 0 Å². The Hall–Kier alpha value is -0.0800. The highest BCUT2D eigenvalue weighted by Crippen LogP contribution is 2.31. The lowest BCUT2D eigenvalue weighted by atomic mass is 9.77. The first kappa shape index (κ1) is 13.0. The van der Waals surface area contributed by atoms with Crippen LogP contribution in [0.4, 0.5) is 0 Å². The summed E-state index contributed by atoms with van der Waals surface area (Å²) >= 11 is 0. The van der Waals surface area contributed by atoms with Crippen LogP contribution in [0.25, 0.3) is 0 Å². The average molecular weight is 213 g/mol. The maximum atomic E-state index is 10.5. The topological polar surface area (TPSA) is 32.3 Å². The van der Waals surface area contributed by atoms with Gasteiger partial charge in [-0.05, 0) is 44.6 Å². The van der Waals surface area contributed by atoms with E-state index in [9.17, 15) is 5.11 Å². The molecule has 0 aromatic heterocycles. The van der Waals surface area contributed by atoms with Gasteiger partial charge in [-0.25, -0.2) is 0 Å².